The lowest BCUT2D eigenvalue weighted by molar-refractivity contribution is -0.116. The smallest absolute Gasteiger partial charge is 0.387 e. The topological polar surface area (TPSA) is 73.3 Å². The van der Waals surface area contributed by atoms with Gasteiger partial charge in [-0.2, -0.15) is 8.78 Å². The van der Waals surface area contributed by atoms with Gasteiger partial charge in [-0.25, -0.2) is 4.98 Å². The summed E-state index contributed by atoms with van der Waals surface area (Å²) >= 11 is 1.52. The molecule has 0 spiro atoms. The Balaban J connectivity index is 1.51. The number of benzene rings is 1. The Morgan fingerprint density at radius 1 is 1.23 bits per heavy atom. The number of thiazole rings is 1. The summed E-state index contributed by atoms with van der Waals surface area (Å²) in [4.78, 5) is 20.9. The summed E-state index contributed by atoms with van der Waals surface area (Å²) in [6.07, 6.45) is 5.27. The molecule has 31 heavy (non-hydrogen) atoms. The van der Waals surface area contributed by atoms with Crippen molar-refractivity contribution in [3.05, 3.63) is 64.6 Å². The van der Waals surface area contributed by atoms with Gasteiger partial charge in [0.2, 0.25) is 5.91 Å². The Morgan fingerprint density at radius 3 is 2.84 bits per heavy atom. The summed E-state index contributed by atoms with van der Waals surface area (Å²) < 4.78 is 34.7. The predicted octanol–water partition coefficient (Wildman–Crippen LogP) is 4.58. The molecule has 0 radical (unpaired) electrons. The average Bonchev–Trinajstić information content (AvgIpc) is 3.23. The van der Waals surface area contributed by atoms with Gasteiger partial charge in [0.25, 0.3) is 0 Å². The Bertz CT molecular complexity index is 1030. The Labute approximate surface area is 182 Å². The van der Waals surface area contributed by atoms with Gasteiger partial charge >= 0.3 is 6.61 Å². The van der Waals surface area contributed by atoms with Crippen LogP contribution in [0.5, 0.6) is 11.5 Å². The second-order valence-electron chi connectivity index (χ2n) is 6.23. The molecule has 0 aliphatic rings. The van der Waals surface area contributed by atoms with Crippen LogP contribution in [0.15, 0.2) is 54.1 Å². The molecule has 0 atom stereocenters. The van der Waals surface area contributed by atoms with E-state index in [1.807, 2.05) is 23.6 Å². The third-order valence-electron chi connectivity index (χ3n) is 4.03. The molecule has 1 aromatic carbocycles. The van der Waals surface area contributed by atoms with Crippen LogP contribution in [-0.2, 0) is 11.2 Å². The molecule has 3 rings (SSSR count). The highest BCUT2D eigenvalue weighted by Gasteiger charge is 2.11. The number of amides is 1. The number of nitrogens with zero attached hydrogens (tertiary/aromatic N) is 2. The van der Waals surface area contributed by atoms with Gasteiger partial charge in [-0.1, -0.05) is 12.1 Å². The van der Waals surface area contributed by atoms with E-state index in [1.54, 1.807) is 31.3 Å². The first kappa shape index (κ1) is 22.4. The molecule has 2 heterocycles. The number of hydrogen-bond donors (Lipinski definition) is 1. The molecule has 0 aliphatic carbocycles. The van der Waals surface area contributed by atoms with Crippen LogP contribution in [-0.4, -0.2) is 35.6 Å². The maximum absolute atomic E-state index is 12.5. The third-order valence-corrected chi connectivity index (χ3v) is 4.94. The van der Waals surface area contributed by atoms with Gasteiger partial charge in [0, 0.05) is 30.6 Å². The van der Waals surface area contributed by atoms with E-state index in [-0.39, 0.29) is 17.4 Å². The minimum Gasteiger partial charge on any atom is -0.490 e. The normalized spacial score (nSPS) is 11.1. The van der Waals surface area contributed by atoms with Crippen molar-refractivity contribution in [2.75, 3.05) is 13.2 Å². The van der Waals surface area contributed by atoms with Crippen molar-refractivity contribution < 1.29 is 23.0 Å². The van der Waals surface area contributed by atoms with Crippen LogP contribution in [0.1, 0.15) is 17.5 Å². The maximum Gasteiger partial charge on any atom is 0.387 e. The van der Waals surface area contributed by atoms with Crippen molar-refractivity contribution >= 4 is 23.3 Å². The van der Waals surface area contributed by atoms with Gasteiger partial charge in [-0.05, 0) is 42.8 Å². The van der Waals surface area contributed by atoms with E-state index in [4.69, 9.17) is 4.74 Å². The summed E-state index contributed by atoms with van der Waals surface area (Å²) in [5.41, 5.74) is 2.25. The van der Waals surface area contributed by atoms with Crippen LogP contribution in [0.2, 0.25) is 0 Å². The summed E-state index contributed by atoms with van der Waals surface area (Å²) in [6.45, 7) is -0.469. The van der Waals surface area contributed by atoms with Crippen molar-refractivity contribution in [3.8, 4) is 22.9 Å². The lowest BCUT2D eigenvalue weighted by Gasteiger charge is -2.11. The van der Waals surface area contributed by atoms with Gasteiger partial charge in [0.1, 0.15) is 0 Å². The molecule has 9 heteroatoms. The zero-order chi connectivity index (χ0) is 22.1. The fraction of sp³-hybridized carbons (Fsp3) is 0.227. The van der Waals surface area contributed by atoms with Crippen LogP contribution in [0, 0.1) is 0 Å². The zero-order valence-corrected chi connectivity index (χ0v) is 17.6. The van der Waals surface area contributed by atoms with Crippen LogP contribution in [0.4, 0.5) is 8.78 Å². The molecule has 3 aromatic rings. The molecule has 0 aliphatic heterocycles. The van der Waals surface area contributed by atoms with E-state index in [9.17, 15) is 13.6 Å². The summed E-state index contributed by atoms with van der Waals surface area (Å²) in [5, 5.41) is 5.64. The molecule has 6 nitrogen and oxygen atoms in total. The summed E-state index contributed by atoms with van der Waals surface area (Å²) in [5.74, 6) is -0.128. The fourth-order valence-corrected chi connectivity index (χ4v) is 3.46. The van der Waals surface area contributed by atoms with E-state index >= 15 is 0 Å². The molecule has 0 fully saturated rings. The standard InChI is InChI=1S/C22H21F2N3O3S/c1-2-29-19-13-15(6-8-18(19)30-22(23)24)7-9-20(28)26-12-10-21-27-17(14-31-21)16-5-3-4-11-25-16/h3-9,11,13-14,22H,2,10,12H2,1H3,(H,26,28). The van der Waals surface area contributed by atoms with E-state index < -0.39 is 6.61 Å². The molecule has 1 amide bonds. The highest BCUT2D eigenvalue weighted by Crippen LogP contribution is 2.30. The Hall–Kier alpha value is -3.33. The lowest BCUT2D eigenvalue weighted by atomic mass is 10.2. The number of aromatic nitrogens is 2. The number of rotatable bonds is 10. The van der Waals surface area contributed by atoms with Crippen LogP contribution < -0.4 is 14.8 Å². The molecule has 0 saturated carbocycles. The average molecular weight is 445 g/mol. The van der Waals surface area contributed by atoms with E-state index in [0.29, 0.717) is 25.1 Å². The lowest BCUT2D eigenvalue weighted by Crippen LogP contribution is -2.23. The second-order valence-corrected chi connectivity index (χ2v) is 7.18. The number of carbonyl (C=O) groups excluding carboxylic acids is 1. The molecule has 2 aromatic heterocycles. The fourth-order valence-electron chi connectivity index (χ4n) is 2.67. The van der Waals surface area contributed by atoms with E-state index in [1.165, 1.54) is 23.5 Å². The molecule has 0 bridgehead atoms. The molecule has 0 unspecified atom stereocenters. The van der Waals surface area contributed by atoms with E-state index in [0.717, 1.165) is 16.4 Å². The predicted molar refractivity (Wildman–Crippen MR) is 115 cm³/mol. The number of halogens is 2. The van der Waals surface area contributed by atoms with Crippen molar-refractivity contribution in [1.82, 2.24) is 15.3 Å². The van der Waals surface area contributed by atoms with Crippen LogP contribution in [0.25, 0.3) is 17.5 Å². The second kappa shape index (κ2) is 11.2. The van der Waals surface area contributed by atoms with Gasteiger partial charge in [-0.15, -0.1) is 11.3 Å². The van der Waals surface area contributed by atoms with E-state index in [2.05, 4.69) is 20.0 Å². The van der Waals surface area contributed by atoms with Crippen molar-refractivity contribution in [3.63, 3.8) is 0 Å². The molecular formula is C22H21F2N3O3S. The SMILES string of the molecule is CCOc1cc(C=CC(=O)NCCc2nc(-c3ccccn3)cs2)ccc1OC(F)F. The molecular weight excluding hydrogens is 424 g/mol. The van der Waals surface area contributed by atoms with Crippen molar-refractivity contribution in [1.29, 1.82) is 0 Å². The monoisotopic (exact) mass is 445 g/mol. The van der Waals surface area contributed by atoms with Gasteiger partial charge in [-0.3, -0.25) is 9.78 Å². The number of nitrogens with one attached hydrogen (secondary N) is 1. The quantitative estimate of drug-likeness (QED) is 0.463. The number of pyridine rings is 1. The highest BCUT2D eigenvalue weighted by molar-refractivity contribution is 7.09. The maximum atomic E-state index is 12.5. The largest absolute Gasteiger partial charge is 0.490 e. The molecule has 0 saturated heterocycles. The number of alkyl halides is 2. The number of carbonyl (C=O) groups is 1. The first-order valence-electron chi connectivity index (χ1n) is 9.58. The van der Waals surface area contributed by atoms with Gasteiger partial charge < -0.3 is 14.8 Å². The van der Waals surface area contributed by atoms with Gasteiger partial charge in [0.05, 0.1) is 23.0 Å². The molecule has 1 N–H and O–H groups in total. The first-order chi connectivity index (χ1) is 15.0. The molecule has 162 valence electrons. The summed E-state index contributed by atoms with van der Waals surface area (Å²) in [7, 11) is 0. The number of hydrogen-bond acceptors (Lipinski definition) is 6. The van der Waals surface area contributed by atoms with Crippen molar-refractivity contribution in [2.24, 2.45) is 0 Å². The number of ether oxygens (including phenoxy) is 2. The third kappa shape index (κ3) is 6.85. The van der Waals surface area contributed by atoms with Crippen LogP contribution in [0.3, 0.4) is 0 Å². The Kier molecular flexibility index (Phi) is 8.05. The van der Waals surface area contributed by atoms with Crippen molar-refractivity contribution in [2.45, 2.75) is 20.0 Å². The summed E-state index contributed by atoms with van der Waals surface area (Å²) in [6, 6.07) is 10.1. The van der Waals surface area contributed by atoms with Gasteiger partial charge in [0.15, 0.2) is 11.5 Å². The minimum absolute atomic E-state index is 0.0491. The first-order valence-corrected chi connectivity index (χ1v) is 10.5. The zero-order valence-electron chi connectivity index (χ0n) is 16.8. The minimum atomic E-state index is -2.94. The Morgan fingerprint density at radius 2 is 2.10 bits per heavy atom. The highest BCUT2D eigenvalue weighted by atomic mass is 32.1. The van der Waals surface area contributed by atoms with Crippen LogP contribution >= 0.6 is 11.3 Å².